The minimum Gasteiger partial charge on any atom is -0.643 e. The Labute approximate surface area is 527 Å². The number of nitrogens with zero attached hydrogens (tertiary/aromatic N) is 6. The average Bonchev–Trinajstić information content (AvgIpc) is 1.99. The molecule has 0 aliphatic rings. The van der Waals surface area contributed by atoms with Crippen molar-refractivity contribution in [3.8, 4) is 89.3 Å². The van der Waals surface area contributed by atoms with E-state index in [-0.39, 0.29) is 27.9 Å². The predicted molar refractivity (Wildman–Crippen MR) is 361 cm³/mol. The molecule has 0 fully saturated rings. The summed E-state index contributed by atoms with van der Waals surface area (Å²) in [5, 5.41) is 16.2. The van der Waals surface area contributed by atoms with Gasteiger partial charge in [-0.3, -0.25) is 0 Å². The van der Waals surface area contributed by atoms with E-state index in [1.165, 1.54) is 53.5 Å². The fraction of sp³-hybridized carbons (Fsp3) is 0.212. The smallest absolute Gasteiger partial charge is 0.0823 e. The quantitative estimate of drug-likeness (QED) is 0.0433. The second-order valence-corrected chi connectivity index (χ2v) is 23.9. The minimum atomic E-state index is -0.122. The van der Waals surface area contributed by atoms with Gasteiger partial charge in [-0.2, -0.15) is 10.2 Å². The first-order valence-electron chi connectivity index (χ1n) is 30.6. The van der Waals surface area contributed by atoms with Crippen molar-refractivity contribution in [3.05, 3.63) is 282 Å². The molecule has 11 rings (SSSR count). The largest absolute Gasteiger partial charge is 0.643 e. The molecule has 0 saturated heterocycles. The molecule has 11 aromatic rings. The van der Waals surface area contributed by atoms with Crippen molar-refractivity contribution in [3.63, 3.8) is 0 Å². The van der Waals surface area contributed by atoms with Crippen LogP contribution in [0.4, 0.5) is 0 Å². The summed E-state index contributed by atoms with van der Waals surface area (Å²) >= 11 is 0. The van der Waals surface area contributed by atoms with Crippen molar-refractivity contribution in [2.24, 2.45) is 20.7 Å². The summed E-state index contributed by atoms with van der Waals surface area (Å²) in [4.78, 5) is 11.4. The zero-order valence-corrected chi connectivity index (χ0v) is 52.9. The SMILES string of the molecule is CCCCC(C)(C)N=NN=NC(C)(C)CCCC.Cc1cc(C)c([C+](c2ccc(-c3c(-c4ccccc4)cc(-c4ccccc4)cc3-c3ccccc3)[n-]2)c2ccc(-c3c(-c4ccccc4)cc(-c4ccccc4)cc3-c3ccccc3)[n-]2)c(C)c1.[Co]. The molecule has 7 heteroatoms. The van der Waals surface area contributed by atoms with Gasteiger partial charge in [0.1, 0.15) is 0 Å². The molecule has 87 heavy (non-hydrogen) atoms. The van der Waals surface area contributed by atoms with Crippen molar-refractivity contribution in [1.29, 1.82) is 0 Å². The fourth-order valence-electron chi connectivity index (χ4n) is 11.7. The Hall–Kier alpha value is -8.88. The van der Waals surface area contributed by atoms with Gasteiger partial charge in [-0.25, -0.2) is 0 Å². The van der Waals surface area contributed by atoms with Gasteiger partial charge in [0.2, 0.25) is 0 Å². The first-order chi connectivity index (χ1) is 41.8. The number of unbranched alkanes of at least 4 members (excludes halogenated alkanes) is 2. The fourth-order valence-corrected chi connectivity index (χ4v) is 11.7. The van der Waals surface area contributed by atoms with Gasteiger partial charge < -0.3 is 9.97 Å². The monoisotopic (exact) mass is 1180 g/mol. The van der Waals surface area contributed by atoms with E-state index < -0.39 is 0 Å². The number of aryl methyl sites for hydroxylation is 3. The van der Waals surface area contributed by atoms with Gasteiger partial charge in [0.25, 0.3) is 0 Å². The molecule has 0 aliphatic heterocycles. The van der Waals surface area contributed by atoms with E-state index in [1.54, 1.807) is 0 Å². The Kier molecular flexibility index (Phi) is 20.9. The third-order valence-corrected chi connectivity index (χ3v) is 16.0. The van der Waals surface area contributed by atoms with E-state index in [9.17, 15) is 0 Å². The maximum Gasteiger partial charge on any atom is 0.0823 e. The van der Waals surface area contributed by atoms with Crippen LogP contribution in [0.1, 0.15) is 114 Å². The molecule has 0 aliphatic carbocycles. The van der Waals surface area contributed by atoms with E-state index in [2.05, 4.69) is 326 Å². The third kappa shape index (κ3) is 15.4. The molecule has 0 amide bonds. The first-order valence-corrected chi connectivity index (χ1v) is 30.6. The zero-order valence-electron chi connectivity index (χ0n) is 51.9. The van der Waals surface area contributed by atoms with Crippen LogP contribution < -0.4 is 9.97 Å². The second-order valence-electron chi connectivity index (χ2n) is 23.9. The summed E-state index contributed by atoms with van der Waals surface area (Å²) in [5.41, 5.74) is 24.1. The topological polar surface area (TPSA) is 77.6 Å². The van der Waals surface area contributed by atoms with Crippen molar-refractivity contribution >= 4 is 0 Å². The molecule has 0 unspecified atom stereocenters. The summed E-state index contributed by atoms with van der Waals surface area (Å²) < 4.78 is 0. The Morgan fingerprint density at radius 3 is 0.931 bits per heavy atom. The van der Waals surface area contributed by atoms with Gasteiger partial charge in [-0.15, -0.1) is 11.4 Å². The van der Waals surface area contributed by atoms with Crippen molar-refractivity contribution in [1.82, 2.24) is 9.97 Å². The van der Waals surface area contributed by atoms with Crippen LogP contribution in [0.5, 0.6) is 0 Å². The van der Waals surface area contributed by atoms with Crippen molar-refractivity contribution in [2.45, 2.75) is 112 Å². The molecule has 9 aromatic carbocycles. The zero-order chi connectivity index (χ0) is 60.0. The molecule has 0 bridgehead atoms. The van der Waals surface area contributed by atoms with E-state index in [4.69, 9.17) is 9.97 Å². The van der Waals surface area contributed by atoms with E-state index in [0.717, 1.165) is 114 Å². The van der Waals surface area contributed by atoms with Gasteiger partial charge in [-0.05, 0) is 216 Å². The van der Waals surface area contributed by atoms with Crippen molar-refractivity contribution in [2.75, 3.05) is 0 Å². The standard InChI is InChI=1S/C66H49N2.C14H30N4.Co/c1-44-38-45(2)63(46(3)39-44)66(61-36-34-59(67-61)64-55(49-26-14-6-15-27-49)40-53(47-22-10-4-11-23-47)41-56(64)50-28-16-7-17-29-50)62-37-35-60(68-62)65-57(51-30-18-8-19-31-51)42-54(48-24-12-5-13-25-48)43-58(65)52-32-20-9-21-33-52;1-7-9-11-13(3,4)15-17-18-16-14(5,6)12-10-8-2;/h4-43H,1-3H3;7-12H2,1-6H3;/q-1;;. The normalized spacial score (nSPS) is 11.6. The summed E-state index contributed by atoms with van der Waals surface area (Å²) in [6.45, 7) is 19.3. The van der Waals surface area contributed by atoms with Crippen molar-refractivity contribution < 1.29 is 16.8 Å². The number of aromatic nitrogens is 2. The molecule has 1 radical (unpaired) electrons. The Morgan fingerprint density at radius 2 is 0.644 bits per heavy atom. The van der Waals surface area contributed by atoms with Gasteiger partial charge in [0.15, 0.2) is 0 Å². The van der Waals surface area contributed by atoms with Crippen LogP contribution in [0.2, 0.25) is 0 Å². The Balaban J connectivity index is 0.000000413. The summed E-state index contributed by atoms with van der Waals surface area (Å²) in [6.07, 6.45) is 6.80. The molecule has 2 heterocycles. The second kappa shape index (κ2) is 29.0. The Morgan fingerprint density at radius 1 is 0.356 bits per heavy atom. The van der Waals surface area contributed by atoms with Crippen LogP contribution in [0.3, 0.4) is 0 Å². The summed E-state index contributed by atoms with van der Waals surface area (Å²) in [6, 6.07) is 87.0. The van der Waals surface area contributed by atoms with Gasteiger partial charge in [-0.1, -0.05) is 233 Å². The van der Waals surface area contributed by atoms with Crippen LogP contribution in [0, 0.1) is 26.7 Å². The van der Waals surface area contributed by atoms with E-state index >= 15 is 0 Å². The van der Waals surface area contributed by atoms with Crippen LogP contribution in [0.25, 0.3) is 89.3 Å². The van der Waals surface area contributed by atoms with E-state index in [1.807, 2.05) is 0 Å². The maximum absolute atomic E-state index is 5.69. The number of hydrogen-bond acceptors (Lipinski definition) is 2. The van der Waals surface area contributed by atoms with Crippen LogP contribution in [-0.4, -0.2) is 11.1 Å². The average molecular weight is 1180 g/mol. The minimum absolute atomic E-state index is 0. The van der Waals surface area contributed by atoms with Crippen LogP contribution in [0.15, 0.2) is 263 Å². The number of rotatable bonds is 20. The molecule has 2 aromatic heterocycles. The molecule has 0 spiro atoms. The maximum atomic E-state index is 5.69. The summed E-state index contributed by atoms with van der Waals surface area (Å²) in [5.74, 6) is 1.02. The van der Waals surface area contributed by atoms with Crippen LogP contribution in [-0.2, 0) is 16.8 Å². The molecule has 0 saturated carbocycles. The molecule has 439 valence electrons. The third-order valence-electron chi connectivity index (χ3n) is 16.0. The predicted octanol–water partition coefficient (Wildman–Crippen LogP) is 22.6. The van der Waals surface area contributed by atoms with Gasteiger partial charge in [0.05, 0.1) is 16.6 Å². The van der Waals surface area contributed by atoms with Gasteiger partial charge in [0, 0.05) is 33.8 Å². The molecule has 0 N–H and O–H groups in total. The molecule has 0 atom stereocenters. The van der Waals surface area contributed by atoms with Gasteiger partial charge >= 0.3 is 0 Å². The number of hydrogen-bond donors (Lipinski definition) is 0. The number of benzene rings is 9. The Bertz CT molecular complexity index is 3650. The molecular formula is C80H79CoN6-. The summed E-state index contributed by atoms with van der Waals surface area (Å²) in [7, 11) is 0. The molecule has 6 nitrogen and oxygen atoms in total. The first kappa shape index (κ1) is 62.6. The van der Waals surface area contributed by atoms with Crippen LogP contribution >= 0.6 is 0 Å². The van der Waals surface area contributed by atoms with E-state index in [0.29, 0.717) is 0 Å². The molecular weight excluding hydrogens is 1100 g/mol.